The molecule has 1 aromatic rings. The van der Waals surface area contributed by atoms with Crippen molar-refractivity contribution in [1.29, 1.82) is 0 Å². The first kappa shape index (κ1) is 18.9. The molecule has 1 saturated heterocycles. The van der Waals surface area contributed by atoms with Gasteiger partial charge in [-0.3, -0.25) is 4.79 Å². The summed E-state index contributed by atoms with van der Waals surface area (Å²) in [7, 11) is -3.84. The fourth-order valence-corrected chi connectivity index (χ4v) is 4.31. The second-order valence-corrected chi connectivity index (χ2v) is 8.49. The van der Waals surface area contributed by atoms with Crippen LogP contribution in [-0.4, -0.2) is 38.3 Å². The Hall–Kier alpha value is -1.47. The Labute approximate surface area is 143 Å². The maximum Gasteiger partial charge on any atom is 0.245 e. The quantitative estimate of drug-likeness (QED) is 0.851. The molecule has 7 heteroatoms. The molecule has 0 unspecified atom stereocenters. The van der Waals surface area contributed by atoms with Crippen molar-refractivity contribution in [2.24, 2.45) is 11.8 Å². The summed E-state index contributed by atoms with van der Waals surface area (Å²) >= 11 is 0. The zero-order valence-corrected chi connectivity index (χ0v) is 15.0. The van der Waals surface area contributed by atoms with E-state index in [1.54, 1.807) is 0 Å². The van der Waals surface area contributed by atoms with Gasteiger partial charge in [0, 0.05) is 25.6 Å². The van der Waals surface area contributed by atoms with Crippen molar-refractivity contribution in [3.05, 3.63) is 30.1 Å². The van der Waals surface area contributed by atoms with E-state index >= 15 is 0 Å². The molecule has 2 rings (SSSR count). The van der Waals surface area contributed by atoms with E-state index in [0.717, 1.165) is 12.5 Å². The van der Waals surface area contributed by atoms with Gasteiger partial charge in [0.15, 0.2) is 0 Å². The Kier molecular flexibility index (Phi) is 6.34. The van der Waals surface area contributed by atoms with Gasteiger partial charge in [0.1, 0.15) is 10.7 Å². The van der Waals surface area contributed by atoms with E-state index in [1.807, 2.05) is 0 Å². The highest BCUT2D eigenvalue weighted by atomic mass is 32.2. The van der Waals surface area contributed by atoms with Gasteiger partial charge in [0.05, 0.1) is 0 Å². The lowest BCUT2D eigenvalue weighted by Crippen LogP contribution is -2.43. The normalized spacial score (nSPS) is 17.2. The van der Waals surface area contributed by atoms with Crippen molar-refractivity contribution >= 4 is 15.9 Å². The van der Waals surface area contributed by atoms with Gasteiger partial charge in [-0.2, -0.15) is 4.31 Å². The number of hydrogen-bond acceptors (Lipinski definition) is 3. The first-order valence-electron chi connectivity index (χ1n) is 8.34. The maximum absolute atomic E-state index is 13.8. The molecular formula is C17H25FN2O3S. The predicted octanol–water partition coefficient (Wildman–Crippen LogP) is 2.39. The van der Waals surface area contributed by atoms with Gasteiger partial charge in [-0.25, -0.2) is 12.8 Å². The van der Waals surface area contributed by atoms with E-state index in [1.165, 1.54) is 22.5 Å². The lowest BCUT2D eigenvalue weighted by molar-refractivity contribution is -0.126. The molecule has 0 bridgehead atoms. The van der Waals surface area contributed by atoms with Gasteiger partial charge in [-0.05, 0) is 37.3 Å². The van der Waals surface area contributed by atoms with E-state index in [2.05, 4.69) is 19.2 Å². The summed E-state index contributed by atoms with van der Waals surface area (Å²) in [4.78, 5) is 11.8. The number of rotatable bonds is 6. The van der Waals surface area contributed by atoms with Crippen LogP contribution >= 0.6 is 0 Å². The monoisotopic (exact) mass is 356 g/mol. The molecule has 134 valence electrons. The zero-order chi connectivity index (χ0) is 17.7. The standard InChI is InChI=1S/C17H25FN2O3S/c1-13(2)7-10-19-17(21)14-8-11-20(12-9-14)24(22,23)16-6-4-3-5-15(16)18/h3-6,13-14H,7-12H2,1-2H3,(H,19,21). The number of sulfonamides is 1. The first-order chi connectivity index (χ1) is 11.3. The molecule has 0 saturated carbocycles. The number of hydrogen-bond donors (Lipinski definition) is 1. The van der Waals surface area contributed by atoms with Crippen LogP contribution in [0, 0.1) is 17.7 Å². The van der Waals surface area contributed by atoms with E-state index in [9.17, 15) is 17.6 Å². The average Bonchev–Trinajstić information content (AvgIpc) is 2.54. The second kappa shape index (κ2) is 8.07. The molecule has 24 heavy (non-hydrogen) atoms. The summed E-state index contributed by atoms with van der Waals surface area (Å²) in [5, 5.41) is 2.91. The number of benzene rings is 1. The minimum atomic E-state index is -3.84. The minimum absolute atomic E-state index is 0.0152. The third-order valence-electron chi connectivity index (χ3n) is 4.30. The van der Waals surface area contributed by atoms with Crippen LogP contribution in [0.2, 0.25) is 0 Å². The predicted molar refractivity (Wildman–Crippen MR) is 90.3 cm³/mol. The second-order valence-electron chi connectivity index (χ2n) is 6.58. The number of nitrogens with zero attached hydrogens (tertiary/aromatic N) is 1. The van der Waals surface area contributed by atoms with Crippen molar-refractivity contribution < 1.29 is 17.6 Å². The summed E-state index contributed by atoms with van der Waals surface area (Å²) in [6, 6.07) is 5.38. The number of nitrogens with one attached hydrogen (secondary N) is 1. The van der Waals surface area contributed by atoms with E-state index in [0.29, 0.717) is 25.3 Å². The van der Waals surface area contributed by atoms with Gasteiger partial charge in [-0.1, -0.05) is 26.0 Å². The van der Waals surface area contributed by atoms with Crippen molar-refractivity contribution in [3.8, 4) is 0 Å². The zero-order valence-electron chi connectivity index (χ0n) is 14.2. The molecule has 0 aromatic heterocycles. The Balaban J connectivity index is 1.93. The maximum atomic E-state index is 13.8. The van der Waals surface area contributed by atoms with Crippen LogP contribution in [0.25, 0.3) is 0 Å². The van der Waals surface area contributed by atoms with Crippen LogP contribution in [0.3, 0.4) is 0 Å². The molecule has 0 aliphatic carbocycles. The molecule has 0 atom stereocenters. The van der Waals surface area contributed by atoms with Crippen LogP contribution in [-0.2, 0) is 14.8 Å². The lowest BCUT2D eigenvalue weighted by atomic mass is 9.97. The SMILES string of the molecule is CC(C)CCNC(=O)C1CCN(S(=O)(=O)c2ccccc2F)CC1. The molecule has 0 radical (unpaired) electrons. The van der Waals surface area contributed by atoms with Crippen molar-refractivity contribution in [2.45, 2.75) is 38.0 Å². The van der Waals surface area contributed by atoms with Crippen LogP contribution in [0.5, 0.6) is 0 Å². The van der Waals surface area contributed by atoms with Crippen LogP contribution in [0.4, 0.5) is 4.39 Å². The fraction of sp³-hybridized carbons (Fsp3) is 0.588. The van der Waals surface area contributed by atoms with Gasteiger partial charge in [0.2, 0.25) is 15.9 Å². The molecule has 0 spiro atoms. The van der Waals surface area contributed by atoms with Crippen LogP contribution in [0.15, 0.2) is 29.2 Å². The highest BCUT2D eigenvalue weighted by Crippen LogP contribution is 2.25. The Morgan fingerprint density at radius 3 is 2.50 bits per heavy atom. The Bertz CT molecular complexity index is 668. The van der Waals surface area contributed by atoms with E-state index in [4.69, 9.17) is 0 Å². The topological polar surface area (TPSA) is 66.5 Å². The molecule has 5 nitrogen and oxygen atoms in total. The molecule has 1 N–H and O–H groups in total. The van der Waals surface area contributed by atoms with Gasteiger partial charge in [-0.15, -0.1) is 0 Å². The highest BCUT2D eigenvalue weighted by molar-refractivity contribution is 7.89. The third-order valence-corrected chi connectivity index (χ3v) is 6.23. The van der Waals surface area contributed by atoms with Gasteiger partial charge in [0.25, 0.3) is 0 Å². The fourth-order valence-electron chi connectivity index (χ4n) is 2.78. The Morgan fingerprint density at radius 1 is 1.29 bits per heavy atom. The minimum Gasteiger partial charge on any atom is -0.356 e. The number of piperidine rings is 1. The smallest absolute Gasteiger partial charge is 0.245 e. The number of amides is 1. The number of halogens is 1. The molecule has 1 fully saturated rings. The Morgan fingerprint density at radius 2 is 1.92 bits per heavy atom. The largest absolute Gasteiger partial charge is 0.356 e. The summed E-state index contributed by atoms with van der Waals surface area (Å²) in [5.41, 5.74) is 0. The highest BCUT2D eigenvalue weighted by Gasteiger charge is 2.33. The van der Waals surface area contributed by atoms with E-state index < -0.39 is 15.8 Å². The summed E-state index contributed by atoms with van der Waals surface area (Å²) in [6.45, 7) is 5.30. The molecule has 1 aliphatic rings. The molecular weight excluding hydrogens is 331 g/mol. The number of carbonyl (C=O) groups excluding carboxylic acids is 1. The molecule has 1 aliphatic heterocycles. The summed E-state index contributed by atoms with van der Waals surface area (Å²) < 4.78 is 40.1. The van der Waals surface area contributed by atoms with E-state index in [-0.39, 0.29) is 29.8 Å². The lowest BCUT2D eigenvalue weighted by Gasteiger charge is -2.30. The van der Waals surface area contributed by atoms with Gasteiger partial charge < -0.3 is 5.32 Å². The summed E-state index contributed by atoms with van der Waals surface area (Å²) in [6.07, 6.45) is 1.84. The van der Waals surface area contributed by atoms with Crippen molar-refractivity contribution in [3.63, 3.8) is 0 Å². The molecule has 1 amide bonds. The average molecular weight is 356 g/mol. The molecule has 1 aromatic carbocycles. The molecule has 1 heterocycles. The van der Waals surface area contributed by atoms with Crippen LogP contribution < -0.4 is 5.32 Å². The van der Waals surface area contributed by atoms with Crippen LogP contribution in [0.1, 0.15) is 33.1 Å². The number of carbonyl (C=O) groups is 1. The van der Waals surface area contributed by atoms with Crippen molar-refractivity contribution in [1.82, 2.24) is 9.62 Å². The third kappa shape index (κ3) is 4.54. The van der Waals surface area contributed by atoms with Gasteiger partial charge >= 0.3 is 0 Å². The summed E-state index contributed by atoms with van der Waals surface area (Å²) in [5.74, 6) is -0.410. The van der Waals surface area contributed by atoms with Crippen molar-refractivity contribution in [2.75, 3.05) is 19.6 Å². The first-order valence-corrected chi connectivity index (χ1v) is 9.78.